The molecule has 0 aliphatic carbocycles. The van der Waals surface area contributed by atoms with Gasteiger partial charge in [-0.1, -0.05) is 18.2 Å². The van der Waals surface area contributed by atoms with Crippen molar-refractivity contribution in [3.05, 3.63) is 47.8 Å². The lowest BCUT2D eigenvalue weighted by Crippen LogP contribution is -2.11. The average molecular weight is 229 g/mol. The van der Waals surface area contributed by atoms with Crippen LogP contribution in [0.1, 0.15) is 17.0 Å². The third kappa shape index (κ3) is 1.91. The summed E-state index contributed by atoms with van der Waals surface area (Å²) in [5.74, 6) is 1.39. The fraction of sp³-hybridized carbons (Fsp3) is 0.308. The van der Waals surface area contributed by atoms with Gasteiger partial charge in [-0.25, -0.2) is 0 Å². The molecule has 0 bridgehead atoms. The van der Waals surface area contributed by atoms with E-state index in [0.717, 1.165) is 24.5 Å². The smallest absolute Gasteiger partial charge is 0.122 e. The Kier molecular flexibility index (Phi) is 2.57. The van der Waals surface area contributed by atoms with Crippen LogP contribution in [0.3, 0.4) is 0 Å². The van der Waals surface area contributed by atoms with Gasteiger partial charge < -0.3 is 10.5 Å². The van der Waals surface area contributed by atoms with Crippen LogP contribution in [0.15, 0.2) is 36.7 Å². The molecule has 1 atom stereocenters. The van der Waals surface area contributed by atoms with E-state index in [-0.39, 0.29) is 0 Å². The predicted octanol–water partition coefficient (Wildman–Crippen LogP) is 1.52. The maximum atomic E-state index is 5.65. The fourth-order valence-electron chi connectivity index (χ4n) is 2.22. The zero-order valence-corrected chi connectivity index (χ0v) is 9.54. The molecule has 2 N–H and O–H groups in total. The minimum absolute atomic E-state index is 0.386. The Hall–Kier alpha value is -1.81. The molecule has 1 unspecified atom stereocenters. The van der Waals surface area contributed by atoms with Crippen molar-refractivity contribution in [2.75, 3.05) is 6.61 Å². The molecular weight excluding hydrogens is 214 g/mol. The van der Waals surface area contributed by atoms with Gasteiger partial charge in [0.1, 0.15) is 5.75 Å². The molecule has 0 amide bonds. The van der Waals surface area contributed by atoms with Crippen molar-refractivity contribution in [2.45, 2.75) is 19.0 Å². The lowest BCUT2D eigenvalue weighted by atomic mass is 10.0. The molecular formula is C13H15N3O. The van der Waals surface area contributed by atoms with Crippen LogP contribution < -0.4 is 10.5 Å². The predicted molar refractivity (Wildman–Crippen MR) is 64.8 cm³/mol. The van der Waals surface area contributed by atoms with E-state index in [0.29, 0.717) is 12.5 Å². The van der Waals surface area contributed by atoms with E-state index >= 15 is 0 Å². The zero-order chi connectivity index (χ0) is 11.7. The summed E-state index contributed by atoms with van der Waals surface area (Å²) in [6.07, 6.45) is 3.82. The standard InChI is InChI=1S/C13H15N3O/c14-5-10-6-15-16(7-10)8-11-9-17-13-4-2-1-3-12(11)13/h1-4,6-7,11H,5,8-9,14H2. The summed E-state index contributed by atoms with van der Waals surface area (Å²) in [5, 5.41) is 4.30. The number of ether oxygens (including phenoxy) is 1. The molecule has 1 aromatic carbocycles. The van der Waals surface area contributed by atoms with Crippen molar-refractivity contribution in [3.63, 3.8) is 0 Å². The van der Waals surface area contributed by atoms with Crippen LogP contribution >= 0.6 is 0 Å². The zero-order valence-electron chi connectivity index (χ0n) is 9.54. The van der Waals surface area contributed by atoms with E-state index in [1.807, 2.05) is 29.2 Å². The molecule has 0 fully saturated rings. The van der Waals surface area contributed by atoms with Crippen LogP contribution in [-0.4, -0.2) is 16.4 Å². The molecule has 2 heterocycles. The molecule has 4 nitrogen and oxygen atoms in total. The van der Waals surface area contributed by atoms with Gasteiger partial charge in [0.15, 0.2) is 0 Å². The number of benzene rings is 1. The van der Waals surface area contributed by atoms with E-state index in [4.69, 9.17) is 10.5 Å². The topological polar surface area (TPSA) is 53.1 Å². The quantitative estimate of drug-likeness (QED) is 0.868. The molecule has 1 aromatic heterocycles. The van der Waals surface area contributed by atoms with Gasteiger partial charge in [0.05, 0.1) is 19.3 Å². The molecule has 4 heteroatoms. The van der Waals surface area contributed by atoms with Gasteiger partial charge in [-0.3, -0.25) is 4.68 Å². The molecule has 0 saturated heterocycles. The molecule has 88 valence electrons. The Bertz CT molecular complexity index is 521. The normalized spacial score (nSPS) is 17.8. The third-order valence-electron chi connectivity index (χ3n) is 3.13. The minimum Gasteiger partial charge on any atom is -0.493 e. The number of aromatic nitrogens is 2. The van der Waals surface area contributed by atoms with E-state index in [2.05, 4.69) is 17.2 Å². The molecule has 2 aromatic rings. The summed E-state index contributed by atoms with van der Waals surface area (Å²) < 4.78 is 7.59. The number of para-hydroxylation sites is 1. The Morgan fingerprint density at radius 1 is 1.41 bits per heavy atom. The van der Waals surface area contributed by atoms with Crippen LogP contribution in [-0.2, 0) is 13.1 Å². The Labute approximate surface area is 100 Å². The van der Waals surface area contributed by atoms with Gasteiger partial charge in [0.2, 0.25) is 0 Å². The highest BCUT2D eigenvalue weighted by molar-refractivity contribution is 5.39. The van der Waals surface area contributed by atoms with Gasteiger partial charge in [0, 0.05) is 29.8 Å². The number of nitrogens with zero attached hydrogens (tertiary/aromatic N) is 2. The van der Waals surface area contributed by atoms with Crippen LogP contribution in [0.5, 0.6) is 5.75 Å². The first-order valence-electron chi connectivity index (χ1n) is 5.80. The number of fused-ring (bicyclic) bond motifs is 1. The minimum atomic E-state index is 0.386. The van der Waals surface area contributed by atoms with Crippen molar-refractivity contribution >= 4 is 0 Å². The van der Waals surface area contributed by atoms with Crippen LogP contribution in [0.2, 0.25) is 0 Å². The summed E-state index contributed by atoms with van der Waals surface area (Å²) >= 11 is 0. The molecule has 0 radical (unpaired) electrons. The molecule has 1 aliphatic rings. The maximum Gasteiger partial charge on any atom is 0.122 e. The highest BCUT2D eigenvalue weighted by Crippen LogP contribution is 2.34. The summed E-state index contributed by atoms with van der Waals surface area (Å²) in [6.45, 7) is 2.12. The van der Waals surface area contributed by atoms with Crippen molar-refractivity contribution < 1.29 is 4.74 Å². The second-order valence-electron chi connectivity index (χ2n) is 4.32. The fourth-order valence-corrected chi connectivity index (χ4v) is 2.22. The van der Waals surface area contributed by atoms with Crippen molar-refractivity contribution in [1.82, 2.24) is 9.78 Å². The summed E-state index contributed by atoms with van der Waals surface area (Å²) in [7, 11) is 0. The summed E-state index contributed by atoms with van der Waals surface area (Å²) in [6, 6.07) is 8.20. The summed E-state index contributed by atoms with van der Waals surface area (Å²) in [5.41, 5.74) is 7.91. The number of nitrogens with two attached hydrogens (primary N) is 1. The highest BCUT2D eigenvalue weighted by Gasteiger charge is 2.23. The molecule has 0 saturated carbocycles. The second-order valence-corrected chi connectivity index (χ2v) is 4.32. The van der Waals surface area contributed by atoms with E-state index in [9.17, 15) is 0 Å². The van der Waals surface area contributed by atoms with Crippen LogP contribution in [0, 0.1) is 0 Å². The molecule has 0 spiro atoms. The Morgan fingerprint density at radius 2 is 2.29 bits per heavy atom. The SMILES string of the molecule is NCc1cnn(CC2COc3ccccc32)c1. The van der Waals surface area contributed by atoms with Gasteiger partial charge in [-0.15, -0.1) is 0 Å². The first kappa shape index (κ1) is 10.4. The second kappa shape index (κ2) is 4.22. The number of hydrogen-bond acceptors (Lipinski definition) is 3. The van der Waals surface area contributed by atoms with Crippen molar-refractivity contribution in [1.29, 1.82) is 0 Å². The monoisotopic (exact) mass is 229 g/mol. The van der Waals surface area contributed by atoms with Crippen molar-refractivity contribution in [2.24, 2.45) is 5.73 Å². The summed E-state index contributed by atoms with van der Waals surface area (Å²) in [4.78, 5) is 0. The first-order chi connectivity index (χ1) is 8.36. The molecule has 1 aliphatic heterocycles. The van der Waals surface area contributed by atoms with E-state index < -0.39 is 0 Å². The van der Waals surface area contributed by atoms with Gasteiger partial charge in [-0.2, -0.15) is 5.10 Å². The lowest BCUT2D eigenvalue weighted by molar-refractivity contribution is 0.315. The van der Waals surface area contributed by atoms with Crippen LogP contribution in [0.25, 0.3) is 0 Å². The average Bonchev–Trinajstić information content (AvgIpc) is 2.97. The number of hydrogen-bond donors (Lipinski definition) is 1. The van der Waals surface area contributed by atoms with Gasteiger partial charge in [-0.05, 0) is 6.07 Å². The van der Waals surface area contributed by atoms with Gasteiger partial charge >= 0.3 is 0 Å². The van der Waals surface area contributed by atoms with E-state index in [1.54, 1.807) is 0 Å². The third-order valence-corrected chi connectivity index (χ3v) is 3.13. The molecule has 3 rings (SSSR count). The van der Waals surface area contributed by atoms with E-state index in [1.165, 1.54) is 5.56 Å². The molecule has 17 heavy (non-hydrogen) atoms. The Morgan fingerprint density at radius 3 is 3.12 bits per heavy atom. The largest absolute Gasteiger partial charge is 0.493 e. The van der Waals surface area contributed by atoms with Gasteiger partial charge in [0.25, 0.3) is 0 Å². The lowest BCUT2D eigenvalue weighted by Gasteiger charge is -2.08. The maximum absolute atomic E-state index is 5.65. The van der Waals surface area contributed by atoms with Crippen molar-refractivity contribution in [3.8, 4) is 5.75 Å². The first-order valence-corrected chi connectivity index (χ1v) is 5.80. The Balaban J connectivity index is 1.79. The van der Waals surface area contributed by atoms with Crippen LogP contribution in [0.4, 0.5) is 0 Å². The highest BCUT2D eigenvalue weighted by atomic mass is 16.5. The number of rotatable bonds is 3.